The van der Waals surface area contributed by atoms with Crippen LogP contribution in [0, 0.1) is 12.8 Å². The lowest BCUT2D eigenvalue weighted by Gasteiger charge is -2.27. The van der Waals surface area contributed by atoms with E-state index in [1.807, 2.05) is 13.8 Å². The Labute approximate surface area is 107 Å². The SMILES string of the molecule is Cc1cnc(C(C)NC(=O)C2CCNC(C)C2)o1. The van der Waals surface area contributed by atoms with Crippen LogP contribution in [-0.2, 0) is 4.79 Å². The maximum absolute atomic E-state index is 12.1. The molecule has 0 bridgehead atoms. The Bertz CT molecular complexity index is 416. The number of hydrogen-bond donors (Lipinski definition) is 2. The molecule has 1 amide bonds. The minimum absolute atomic E-state index is 0.0970. The summed E-state index contributed by atoms with van der Waals surface area (Å²) in [5.74, 6) is 1.54. The van der Waals surface area contributed by atoms with Gasteiger partial charge in [-0.05, 0) is 40.2 Å². The number of amides is 1. The molecule has 1 fully saturated rings. The third-order valence-corrected chi connectivity index (χ3v) is 3.36. The van der Waals surface area contributed by atoms with Crippen molar-refractivity contribution in [2.24, 2.45) is 5.92 Å². The first-order chi connectivity index (χ1) is 8.56. The molecule has 1 aliphatic heterocycles. The predicted molar refractivity (Wildman–Crippen MR) is 68.0 cm³/mol. The largest absolute Gasteiger partial charge is 0.444 e. The van der Waals surface area contributed by atoms with Crippen LogP contribution in [0.3, 0.4) is 0 Å². The molecule has 2 N–H and O–H groups in total. The van der Waals surface area contributed by atoms with Gasteiger partial charge in [-0.1, -0.05) is 0 Å². The number of oxazole rings is 1. The molecule has 18 heavy (non-hydrogen) atoms. The standard InChI is InChI=1S/C13H21N3O2/c1-8-6-11(4-5-14-8)12(17)16-10(3)13-15-7-9(2)18-13/h7-8,10-11,14H,4-6H2,1-3H3,(H,16,17). The quantitative estimate of drug-likeness (QED) is 0.855. The van der Waals surface area contributed by atoms with Gasteiger partial charge in [0.25, 0.3) is 0 Å². The molecule has 3 unspecified atom stereocenters. The molecule has 0 spiro atoms. The number of piperidine rings is 1. The minimum atomic E-state index is -0.170. The molecule has 3 atom stereocenters. The van der Waals surface area contributed by atoms with E-state index in [1.54, 1.807) is 6.20 Å². The smallest absolute Gasteiger partial charge is 0.223 e. The van der Waals surface area contributed by atoms with E-state index >= 15 is 0 Å². The highest BCUT2D eigenvalue weighted by Gasteiger charge is 2.26. The van der Waals surface area contributed by atoms with Gasteiger partial charge in [-0.15, -0.1) is 0 Å². The van der Waals surface area contributed by atoms with Gasteiger partial charge < -0.3 is 15.1 Å². The number of hydrogen-bond acceptors (Lipinski definition) is 4. The van der Waals surface area contributed by atoms with Gasteiger partial charge in [-0.3, -0.25) is 4.79 Å². The van der Waals surface area contributed by atoms with Crippen LogP contribution in [0.5, 0.6) is 0 Å². The zero-order valence-corrected chi connectivity index (χ0v) is 11.2. The van der Waals surface area contributed by atoms with Crippen molar-refractivity contribution in [2.45, 2.75) is 45.7 Å². The highest BCUT2D eigenvalue weighted by Crippen LogP contribution is 2.18. The topological polar surface area (TPSA) is 67.2 Å². The minimum Gasteiger partial charge on any atom is -0.444 e. The Kier molecular flexibility index (Phi) is 4.01. The fraction of sp³-hybridized carbons (Fsp3) is 0.692. The average Bonchev–Trinajstić information content (AvgIpc) is 2.76. The summed E-state index contributed by atoms with van der Waals surface area (Å²) in [4.78, 5) is 16.3. The number of nitrogens with one attached hydrogen (secondary N) is 2. The summed E-state index contributed by atoms with van der Waals surface area (Å²) in [6.07, 6.45) is 3.46. The summed E-state index contributed by atoms with van der Waals surface area (Å²) in [5, 5.41) is 6.32. The maximum atomic E-state index is 12.1. The lowest BCUT2D eigenvalue weighted by molar-refractivity contribution is -0.126. The molecule has 1 aliphatic rings. The molecule has 5 heteroatoms. The van der Waals surface area contributed by atoms with Gasteiger partial charge in [-0.2, -0.15) is 0 Å². The second-order valence-corrected chi connectivity index (χ2v) is 5.12. The van der Waals surface area contributed by atoms with Crippen molar-refractivity contribution in [1.82, 2.24) is 15.6 Å². The van der Waals surface area contributed by atoms with E-state index in [0.717, 1.165) is 25.1 Å². The number of carbonyl (C=O) groups excluding carboxylic acids is 1. The fourth-order valence-electron chi connectivity index (χ4n) is 2.34. The summed E-state index contributed by atoms with van der Waals surface area (Å²) >= 11 is 0. The maximum Gasteiger partial charge on any atom is 0.223 e. The fourth-order valence-corrected chi connectivity index (χ4v) is 2.34. The zero-order valence-electron chi connectivity index (χ0n) is 11.2. The molecule has 100 valence electrons. The van der Waals surface area contributed by atoms with E-state index in [1.165, 1.54) is 0 Å². The van der Waals surface area contributed by atoms with Gasteiger partial charge in [0.15, 0.2) is 0 Å². The molecule has 5 nitrogen and oxygen atoms in total. The normalized spacial score (nSPS) is 25.7. The van der Waals surface area contributed by atoms with Crippen LogP contribution in [0.1, 0.15) is 44.4 Å². The lowest BCUT2D eigenvalue weighted by atomic mass is 9.92. The van der Waals surface area contributed by atoms with Crippen molar-refractivity contribution in [3.8, 4) is 0 Å². The second-order valence-electron chi connectivity index (χ2n) is 5.12. The number of aromatic nitrogens is 1. The summed E-state index contributed by atoms with van der Waals surface area (Å²) in [6, 6.07) is 0.241. The van der Waals surface area contributed by atoms with E-state index in [0.29, 0.717) is 11.9 Å². The highest BCUT2D eigenvalue weighted by molar-refractivity contribution is 5.79. The van der Waals surface area contributed by atoms with Gasteiger partial charge >= 0.3 is 0 Å². The first-order valence-corrected chi connectivity index (χ1v) is 6.52. The van der Waals surface area contributed by atoms with E-state index in [4.69, 9.17) is 4.42 Å². The number of carbonyl (C=O) groups is 1. The van der Waals surface area contributed by atoms with Crippen LogP contribution < -0.4 is 10.6 Å². The molecule has 2 rings (SSSR count). The monoisotopic (exact) mass is 251 g/mol. The van der Waals surface area contributed by atoms with Crippen LogP contribution in [-0.4, -0.2) is 23.5 Å². The molecule has 1 saturated heterocycles. The molecule has 0 aromatic carbocycles. The third-order valence-electron chi connectivity index (χ3n) is 3.36. The first-order valence-electron chi connectivity index (χ1n) is 6.52. The Hall–Kier alpha value is -1.36. The number of rotatable bonds is 3. The molecular weight excluding hydrogens is 230 g/mol. The van der Waals surface area contributed by atoms with E-state index in [9.17, 15) is 4.79 Å². The van der Waals surface area contributed by atoms with Crippen molar-refractivity contribution in [3.63, 3.8) is 0 Å². The third kappa shape index (κ3) is 3.10. The van der Waals surface area contributed by atoms with Crippen LogP contribution >= 0.6 is 0 Å². The van der Waals surface area contributed by atoms with E-state index in [-0.39, 0.29) is 17.9 Å². The van der Waals surface area contributed by atoms with Crippen LogP contribution in [0.4, 0.5) is 0 Å². The van der Waals surface area contributed by atoms with Gasteiger partial charge in [0.05, 0.1) is 6.20 Å². The van der Waals surface area contributed by atoms with Crippen molar-refractivity contribution in [1.29, 1.82) is 0 Å². The summed E-state index contributed by atoms with van der Waals surface area (Å²) in [7, 11) is 0. The number of nitrogens with zero attached hydrogens (tertiary/aromatic N) is 1. The summed E-state index contributed by atoms with van der Waals surface area (Å²) < 4.78 is 5.42. The Morgan fingerprint density at radius 1 is 1.67 bits per heavy atom. The van der Waals surface area contributed by atoms with Crippen LogP contribution in [0.2, 0.25) is 0 Å². The molecule has 1 aromatic heterocycles. The Morgan fingerprint density at radius 2 is 2.44 bits per heavy atom. The van der Waals surface area contributed by atoms with Crippen LogP contribution in [0.15, 0.2) is 10.6 Å². The van der Waals surface area contributed by atoms with Crippen molar-refractivity contribution >= 4 is 5.91 Å². The van der Waals surface area contributed by atoms with Crippen molar-refractivity contribution in [3.05, 3.63) is 17.8 Å². The molecular formula is C13H21N3O2. The molecule has 0 saturated carbocycles. The zero-order chi connectivity index (χ0) is 13.1. The van der Waals surface area contributed by atoms with E-state index < -0.39 is 0 Å². The van der Waals surface area contributed by atoms with E-state index in [2.05, 4.69) is 22.5 Å². The van der Waals surface area contributed by atoms with Gasteiger partial charge in [0.1, 0.15) is 11.8 Å². The summed E-state index contributed by atoms with van der Waals surface area (Å²) in [6.45, 7) is 6.76. The Morgan fingerprint density at radius 3 is 3.06 bits per heavy atom. The predicted octanol–water partition coefficient (Wildman–Crippen LogP) is 1.55. The molecule has 1 aromatic rings. The summed E-state index contributed by atoms with van der Waals surface area (Å²) in [5.41, 5.74) is 0. The molecule has 2 heterocycles. The molecule has 0 radical (unpaired) electrons. The van der Waals surface area contributed by atoms with Gasteiger partial charge in [-0.25, -0.2) is 4.98 Å². The highest BCUT2D eigenvalue weighted by atomic mass is 16.4. The van der Waals surface area contributed by atoms with Gasteiger partial charge in [0, 0.05) is 12.0 Å². The van der Waals surface area contributed by atoms with Gasteiger partial charge in [0.2, 0.25) is 11.8 Å². The average molecular weight is 251 g/mol. The molecule has 0 aliphatic carbocycles. The van der Waals surface area contributed by atoms with Crippen molar-refractivity contribution in [2.75, 3.05) is 6.54 Å². The van der Waals surface area contributed by atoms with Crippen molar-refractivity contribution < 1.29 is 9.21 Å². The number of aryl methyl sites for hydroxylation is 1. The second kappa shape index (κ2) is 5.52. The lowest BCUT2D eigenvalue weighted by Crippen LogP contribution is -2.43. The van der Waals surface area contributed by atoms with Crippen LogP contribution in [0.25, 0.3) is 0 Å². The Balaban J connectivity index is 1.90. The first kappa shape index (κ1) is 13.1.